The molecule has 1 atom stereocenters. The summed E-state index contributed by atoms with van der Waals surface area (Å²) in [4.78, 5) is 6.79. The average molecular weight is 293 g/mol. The van der Waals surface area contributed by atoms with Gasteiger partial charge in [0.05, 0.1) is 5.52 Å². The fourth-order valence-corrected chi connectivity index (χ4v) is 3.27. The Morgan fingerprint density at radius 3 is 2.64 bits per heavy atom. The van der Waals surface area contributed by atoms with Gasteiger partial charge in [-0.1, -0.05) is 29.8 Å². The molecule has 22 heavy (non-hydrogen) atoms. The maximum absolute atomic E-state index is 4.44. The van der Waals surface area contributed by atoms with Gasteiger partial charge in [-0.25, -0.2) is 4.68 Å². The fourth-order valence-electron chi connectivity index (χ4n) is 3.27. The van der Waals surface area contributed by atoms with Crippen molar-refractivity contribution in [1.82, 2.24) is 24.9 Å². The molecule has 2 aromatic heterocycles. The number of nitrogens with zero attached hydrogens (tertiary/aromatic N) is 5. The molecule has 1 aliphatic heterocycles. The zero-order valence-electron chi connectivity index (χ0n) is 12.5. The van der Waals surface area contributed by atoms with E-state index in [1.165, 1.54) is 24.8 Å². The zero-order valence-corrected chi connectivity index (χ0v) is 12.5. The topological polar surface area (TPSA) is 46.8 Å². The average Bonchev–Trinajstić information content (AvgIpc) is 3.01. The quantitative estimate of drug-likeness (QED) is 0.745. The van der Waals surface area contributed by atoms with Crippen LogP contribution in [0.25, 0.3) is 11.0 Å². The summed E-state index contributed by atoms with van der Waals surface area (Å²) in [6.07, 6.45) is 7.62. The standard InChI is InChI=1S/C17H19N5/c1-4-11-21(12-5-1)17(14-7-6-10-18-13-14)22-16-9-3-2-8-15(16)19-20-22/h2-3,6-10,13,17H,1,4-5,11-12H2. The maximum atomic E-state index is 4.44. The van der Waals surface area contributed by atoms with Gasteiger partial charge in [0.15, 0.2) is 0 Å². The van der Waals surface area contributed by atoms with Crippen LogP contribution < -0.4 is 0 Å². The Balaban J connectivity index is 1.83. The van der Waals surface area contributed by atoms with E-state index in [2.05, 4.69) is 32.3 Å². The van der Waals surface area contributed by atoms with E-state index < -0.39 is 0 Å². The highest BCUT2D eigenvalue weighted by molar-refractivity contribution is 5.74. The highest BCUT2D eigenvalue weighted by Gasteiger charge is 2.26. The molecule has 112 valence electrons. The zero-order chi connectivity index (χ0) is 14.8. The molecule has 0 N–H and O–H groups in total. The van der Waals surface area contributed by atoms with Crippen molar-refractivity contribution in [2.75, 3.05) is 13.1 Å². The highest BCUT2D eigenvalue weighted by Crippen LogP contribution is 2.27. The summed E-state index contributed by atoms with van der Waals surface area (Å²) in [5.41, 5.74) is 3.18. The Kier molecular flexibility index (Phi) is 3.56. The number of piperidine rings is 1. The van der Waals surface area contributed by atoms with Crippen molar-refractivity contribution in [2.45, 2.75) is 25.4 Å². The lowest BCUT2D eigenvalue weighted by atomic mass is 10.1. The van der Waals surface area contributed by atoms with Crippen LogP contribution in [0.15, 0.2) is 48.8 Å². The predicted molar refractivity (Wildman–Crippen MR) is 85.3 cm³/mol. The van der Waals surface area contributed by atoms with Crippen LogP contribution in [0, 0.1) is 0 Å². The van der Waals surface area contributed by atoms with Gasteiger partial charge in [0.2, 0.25) is 0 Å². The summed E-state index contributed by atoms with van der Waals surface area (Å²) in [6.45, 7) is 2.18. The number of fused-ring (bicyclic) bond motifs is 1. The molecule has 5 nitrogen and oxygen atoms in total. The van der Waals surface area contributed by atoms with Gasteiger partial charge in [-0.05, 0) is 31.0 Å². The molecule has 0 amide bonds. The minimum Gasteiger partial charge on any atom is -0.278 e. The molecule has 5 heteroatoms. The van der Waals surface area contributed by atoms with Gasteiger partial charge in [-0.3, -0.25) is 9.88 Å². The lowest BCUT2D eigenvalue weighted by molar-refractivity contribution is 0.133. The fraction of sp³-hybridized carbons (Fsp3) is 0.353. The third-order valence-corrected chi connectivity index (χ3v) is 4.33. The van der Waals surface area contributed by atoms with Gasteiger partial charge in [0, 0.05) is 31.0 Å². The lowest BCUT2D eigenvalue weighted by Crippen LogP contribution is -2.38. The molecule has 0 aliphatic carbocycles. The van der Waals surface area contributed by atoms with Crippen molar-refractivity contribution in [1.29, 1.82) is 0 Å². The van der Waals surface area contributed by atoms with Crippen LogP contribution in [0.4, 0.5) is 0 Å². The van der Waals surface area contributed by atoms with Crippen LogP contribution in [-0.2, 0) is 0 Å². The summed E-state index contributed by atoms with van der Waals surface area (Å²) in [7, 11) is 0. The highest BCUT2D eigenvalue weighted by atomic mass is 15.5. The smallest absolute Gasteiger partial charge is 0.133 e. The van der Waals surface area contributed by atoms with Gasteiger partial charge in [0.25, 0.3) is 0 Å². The monoisotopic (exact) mass is 293 g/mol. The van der Waals surface area contributed by atoms with Crippen LogP contribution >= 0.6 is 0 Å². The molecule has 0 radical (unpaired) electrons. The van der Waals surface area contributed by atoms with Crippen molar-refractivity contribution in [3.8, 4) is 0 Å². The molecule has 3 aromatic rings. The van der Waals surface area contributed by atoms with Crippen LogP contribution in [0.1, 0.15) is 31.0 Å². The first-order valence-corrected chi connectivity index (χ1v) is 7.87. The molecule has 1 aromatic carbocycles. The van der Waals surface area contributed by atoms with E-state index in [1.54, 1.807) is 0 Å². The molecule has 0 spiro atoms. The largest absolute Gasteiger partial charge is 0.278 e. The molecule has 1 fully saturated rings. The third-order valence-electron chi connectivity index (χ3n) is 4.33. The Labute approximate surface area is 129 Å². The minimum atomic E-state index is 0.0707. The van der Waals surface area contributed by atoms with Gasteiger partial charge in [-0.15, -0.1) is 5.10 Å². The van der Waals surface area contributed by atoms with Crippen molar-refractivity contribution < 1.29 is 0 Å². The summed E-state index contributed by atoms with van der Waals surface area (Å²) >= 11 is 0. The molecule has 1 aliphatic rings. The molecule has 1 saturated heterocycles. The molecule has 0 bridgehead atoms. The molecule has 0 saturated carbocycles. The summed E-state index contributed by atoms with van der Waals surface area (Å²) in [5.74, 6) is 0. The number of para-hydroxylation sites is 1. The number of benzene rings is 1. The van der Waals surface area contributed by atoms with Crippen molar-refractivity contribution in [3.05, 3.63) is 54.4 Å². The SMILES string of the molecule is c1cncc(C(N2CCCCC2)n2nnc3ccccc32)c1. The first kappa shape index (κ1) is 13.4. The number of hydrogen-bond acceptors (Lipinski definition) is 4. The van der Waals surface area contributed by atoms with Crippen molar-refractivity contribution >= 4 is 11.0 Å². The summed E-state index contributed by atoms with van der Waals surface area (Å²) < 4.78 is 2.04. The van der Waals surface area contributed by atoms with Gasteiger partial charge < -0.3 is 0 Å². The Bertz CT molecular complexity index is 746. The van der Waals surface area contributed by atoms with E-state index in [-0.39, 0.29) is 6.17 Å². The third kappa shape index (κ3) is 2.37. The first-order valence-electron chi connectivity index (χ1n) is 7.87. The van der Waals surface area contributed by atoms with Crippen molar-refractivity contribution in [3.63, 3.8) is 0 Å². The van der Waals surface area contributed by atoms with E-state index >= 15 is 0 Å². The molecule has 1 unspecified atom stereocenters. The Hall–Kier alpha value is -2.27. The second-order valence-electron chi connectivity index (χ2n) is 5.78. The van der Waals surface area contributed by atoms with Gasteiger partial charge >= 0.3 is 0 Å². The van der Waals surface area contributed by atoms with E-state index in [0.717, 1.165) is 24.1 Å². The number of likely N-dealkylation sites (tertiary alicyclic amines) is 1. The van der Waals surface area contributed by atoms with Crippen LogP contribution in [-0.4, -0.2) is 38.0 Å². The predicted octanol–water partition coefficient (Wildman–Crippen LogP) is 2.86. The Morgan fingerprint density at radius 2 is 1.82 bits per heavy atom. The first-order chi connectivity index (χ1) is 10.9. The molecule has 4 rings (SSSR count). The second-order valence-corrected chi connectivity index (χ2v) is 5.78. The van der Waals surface area contributed by atoms with Gasteiger partial charge in [0.1, 0.15) is 11.7 Å². The lowest BCUT2D eigenvalue weighted by Gasteiger charge is -2.34. The van der Waals surface area contributed by atoms with E-state index in [9.17, 15) is 0 Å². The van der Waals surface area contributed by atoms with Crippen LogP contribution in [0.5, 0.6) is 0 Å². The van der Waals surface area contributed by atoms with Crippen LogP contribution in [0.2, 0.25) is 0 Å². The molecule has 3 heterocycles. The maximum Gasteiger partial charge on any atom is 0.133 e. The molecular weight excluding hydrogens is 274 g/mol. The molecular formula is C17H19N5. The minimum absolute atomic E-state index is 0.0707. The normalized spacial score (nSPS) is 17.6. The van der Waals surface area contributed by atoms with Crippen molar-refractivity contribution in [2.24, 2.45) is 0 Å². The number of rotatable bonds is 3. The summed E-state index contributed by atoms with van der Waals surface area (Å²) in [5, 5.41) is 8.77. The van der Waals surface area contributed by atoms with Gasteiger partial charge in [-0.2, -0.15) is 0 Å². The number of hydrogen-bond donors (Lipinski definition) is 0. The number of aromatic nitrogens is 4. The second kappa shape index (κ2) is 5.85. The van der Waals surface area contributed by atoms with E-state index in [4.69, 9.17) is 0 Å². The van der Waals surface area contributed by atoms with E-state index in [0.29, 0.717) is 0 Å². The number of pyridine rings is 1. The Morgan fingerprint density at radius 1 is 0.955 bits per heavy atom. The summed E-state index contributed by atoms with van der Waals surface area (Å²) in [6, 6.07) is 12.3. The van der Waals surface area contributed by atoms with Crippen LogP contribution in [0.3, 0.4) is 0 Å². The van der Waals surface area contributed by atoms with E-state index in [1.807, 2.05) is 41.3 Å².